The molecule has 32 heavy (non-hydrogen) atoms. The lowest BCUT2D eigenvalue weighted by molar-refractivity contribution is 0.0691. The van der Waals surface area contributed by atoms with E-state index in [0.29, 0.717) is 33.3 Å². The number of halogens is 1. The minimum atomic E-state index is -1.16. The average Bonchev–Trinajstić information content (AvgIpc) is 2.76. The third-order valence-electron chi connectivity index (χ3n) is 5.21. The van der Waals surface area contributed by atoms with Gasteiger partial charge in [-0.15, -0.1) is 0 Å². The molecule has 7 nitrogen and oxygen atoms in total. The molecular formula is C24H20FN3O4. The molecule has 2 N–H and O–H groups in total. The van der Waals surface area contributed by atoms with Gasteiger partial charge in [0.1, 0.15) is 17.2 Å². The van der Waals surface area contributed by atoms with Gasteiger partial charge in [-0.3, -0.25) is 9.78 Å². The molecule has 0 bridgehead atoms. The van der Waals surface area contributed by atoms with Crippen molar-refractivity contribution in [3.05, 3.63) is 87.3 Å². The number of pyridine rings is 2. The number of rotatable bonds is 5. The van der Waals surface area contributed by atoms with Crippen LogP contribution in [0.15, 0.2) is 58.1 Å². The van der Waals surface area contributed by atoms with Crippen molar-refractivity contribution in [1.29, 1.82) is 0 Å². The highest BCUT2D eigenvalue weighted by molar-refractivity contribution is 5.92. The Hall–Kier alpha value is -4.07. The summed E-state index contributed by atoms with van der Waals surface area (Å²) in [6.07, 6.45) is 3.92. The standard InChI is InChI=1S/C24H20FN3O4/c1-12-7-17(14(3)28-19-5-4-6-27-20(19)24(30)31)23-18(8-12)21(29)13(2)22(32-23)15-9-16(25)11-26-10-15/h4-11,14,28H,1-3H3,(H,30,31). The van der Waals surface area contributed by atoms with E-state index in [0.717, 1.165) is 11.8 Å². The van der Waals surface area contributed by atoms with Gasteiger partial charge in [0.25, 0.3) is 0 Å². The molecule has 4 rings (SSSR count). The lowest BCUT2D eigenvalue weighted by Gasteiger charge is -2.19. The van der Waals surface area contributed by atoms with Gasteiger partial charge in [-0.2, -0.15) is 0 Å². The molecule has 3 heterocycles. The van der Waals surface area contributed by atoms with E-state index in [2.05, 4.69) is 15.3 Å². The molecule has 1 aromatic carbocycles. The summed E-state index contributed by atoms with van der Waals surface area (Å²) in [7, 11) is 0. The zero-order valence-electron chi connectivity index (χ0n) is 17.6. The fraction of sp³-hybridized carbons (Fsp3) is 0.167. The largest absolute Gasteiger partial charge is 0.476 e. The fourth-order valence-corrected chi connectivity index (χ4v) is 3.70. The summed E-state index contributed by atoms with van der Waals surface area (Å²) < 4.78 is 19.9. The molecule has 0 aliphatic rings. The zero-order valence-corrected chi connectivity index (χ0v) is 17.6. The van der Waals surface area contributed by atoms with Gasteiger partial charge in [-0.05, 0) is 50.6 Å². The fourth-order valence-electron chi connectivity index (χ4n) is 3.70. The normalized spacial score (nSPS) is 12.0. The van der Waals surface area contributed by atoms with Crippen LogP contribution < -0.4 is 10.7 Å². The number of benzene rings is 1. The smallest absolute Gasteiger partial charge is 0.356 e. The van der Waals surface area contributed by atoms with Gasteiger partial charge in [0.15, 0.2) is 11.1 Å². The second-order valence-corrected chi connectivity index (χ2v) is 7.58. The van der Waals surface area contributed by atoms with Crippen molar-refractivity contribution < 1.29 is 18.7 Å². The van der Waals surface area contributed by atoms with Crippen molar-refractivity contribution in [2.24, 2.45) is 0 Å². The Kier molecular flexibility index (Phi) is 5.44. The van der Waals surface area contributed by atoms with E-state index in [1.54, 1.807) is 25.1 Å². The number of aromatic carboxylic acids is 1. The molecular weight excluding hydrogens is 413 g/mol. The summed E-state index contributed by atoms with van der Waals surface area (Å²) in [6.45, 7) is 5.32. The number of fused-ring (bicyclic) bond motifs is 1. The van der Waals surface area contributed by atoms with Crippen LogP contribution in [0, 0.1) is 19.7 Å². The van der Waals surface area contributed by atoms with Crippen molar-refractivity contribution in [2.45, 2.75) is 26.8 Å². The Morgan fingerprint density at radius 1 is 1.22 bits per heavy atom. The number of carbonyl (C=O) groups is 1. The molecule has 0 aliphatic carbocycles. The van der Waals surface area contributed by atoms with Gasteiger partial charge in [0.05, 0.1) is 23.3 Å². The predicted octanol–water partition coefficient (Wildman–Crippen LogP) is 4.88. The van der Waals surface area contributed by atoms with Crippen LogP contribution in [-0.4, -0.2) is 21.0 Å². The average molecular weight is 433 g/mol. The molecule has 4 aromatic rings. The van der Waals surface area contributed by atoms with Crippen LogP contribution in [0.5, 0.6) is 0 Å². The zero-order chi connectivity index (χ0) is 23.0. The molecule has 162 valence electrons. The first-order valence-corrected chi connectivity index (χ1v) is 9.90. The molecule has 0 saturated carbocycles. The lowest BCUT2D eigenvalue weighted by Crippen LogP contribution is -2.14. The van der Waals surface area contributed by atoms with E-state index in [-0.39, 0.29) is 16.9 Å². The molecule has 0 spiro atoms. The van der Waals surface area contributed by atoms with Crippen LogP contribution >= 0.6 is 0 Å². The summed E-state index contributed by atoms with van der Waals surface area (Å²) >= 11 is 0. The Morgan fingerprint density at radius 3 is 2.72 bits per heavy atom. The third kappa shape index (κ3) is 3.82. The maximum atomic E-state index is 13.8. The highest BCUT2D eigenvalue weighted by atomic mass is 19.1. The number of anilines is 1. The minimum Gasteiger partial charge on any atom is -0.476 e. The molecule has 8 heteroatoms. The number of hydrogen-bond donors (Lipinski definition) is 2. The Morgan fingerprint density at radius 2 is 2.00 bits per heavy atom. The van der Waals surface area contributed by atoms with Crippen molar-refractivity contribution in [3.63, 3.8) is 0 Å². The van der Waals surface area contributed by atoms with E-state index in [4.69, 9.17) is 4.42 Å². The summed E-state index contributed by atoms with van der Waals surface area (Å²) in [5, 5.41) is 13.0. The Labute approximate surface area is 182 Å². The second kappa shape index (κ2) is 8.22. The van der Waals surface area contributed by atoms with E-state index in [1.165, 1.54) is 18.5 Å². The quantitative estimate of drug-likeness (QED) is 0.462. The van der Waals surface area contributed by atoms with Crippen LogP contribution in [0.25, 0.3) is 22.3 Å². The van der Waals surface area contributed by atoms with Gasteiger partial charge in [-0.25, -0.2) is 14.2 Å². The summed E-state index contributed by atoms with van der Waals surface area (Å²) in [5.74, 6) is -1.46. The number of aryl methyl sites for hydroxylation is 1. The van der Waals surface area contributed by atoms with Crippen molar-refractivity contribution >= 4 is 22.6 Å². The van der Waals surface area contributed by atoms with Gasteiger partial charge in [0.2, 0.25) is 0 Å². The second-order valence-electron chi connectivity index (χ2n) is 7.58. The number of hydrogen-bond acceptors (Lipinski definition) is 6. The number of aromatic nitrogens is 2. The van der Waals surface area contributed by atoms with Gasteiger partial charge in [0, 0.05) is 29.1 Å². The Balaban J connectivity index is 1.90. The molecule has 0 aliphatic heterocycles. The summed E-state index contributed by atoms with van der Waals surface area (Å²) in [5.41, 5.74) is 2.55. The summed E-state index contributed by atoms with van der Waals surface area (Å²) in [4.78, 5) is 32.4. The number of carboxylic acid groups (broad SMARTS) is 1. The third-order valence-corrected chi connectivity index (χ3v) is 5.21. The van der Waals surface area contributed by atoms with Crippen LogP contribution in [0.2, 0.25) is 0 Å². The van der Waals surface area contributed by atoms with Gasteiger partial charge >= 0.3 is 5.97 Å². The lowest BCUT2D eigenvalue weighted by atomic mass is 9.99. The first-order chi connectivity index (χ1) is 15.3. The highest BCUT2D eigenvalue weighted by Gasteiger charge is 2.21. The molecule has 1 atom stereocenters. The monoisotopic (exact) mass is 433 g/mol. The van der Waals surface area contributed by atoms with E-state index in [9.17, 15) is 19.1 Å². The Bertz CT molecular complexity index is 1410. The van der Waals surface area contributed by atoms with Crippen LogP contribution in [0.3, 0.4) is 0 Å². The molecule has 3 aromatic heterocycles. The number of nitrogens with zero attached hydrogens (tertiary/aromatic N) is 2. The molecule has 1 unspecified atom stereocenters. The first kappa shape index (κ1) is 21.2. The topological polar surface area (TPSA) is 105 Å². The minimum absolute atomic E-state index is 0.111. The SMILES string of the molecule is Cc1cc(C(C)Nc2cccnc2C(=O)O)c2oc(-c3cncc(F)c3)c(C)c(=O)c2c1. The number of carboxylic acids is 1. The van der Waals surface area contributed by atoms with E-state index in [1.807, 2.05) is 19.9 Å². The van der Waals surface area contributed by atoms with Crippen molar-refractivity contribution in [3.8, 4) is 11.3 Å². The van der Waals surface area contributed by atoms with Crippen molar-refractivity contribution in [1.82, 2.24) is 9.97 Å². The van der Waals surface area contributed by atoms with Crippen molar-refractivity contribution in [2.75, 3.05) is 5.32 Å². The number of nitrogens with one attached hydrogen (secondary N) is 1. The van der Waals surface area contributed by atoms with Gasteiger partial charge in [-0.1, -0.05) is 6.07 Å². The van der Waals surface area contributed by atoms with E-state index < -0.39 is 17.8 Å². The maximum absolute atomic E-state index is 13.8. The molecule has 0 saturated heterocycles. The predicted molar refractivity (Wildman–Crippen MR) is 118 cm³/mol. The van der Waals surface area contributed by atoms with Gasteiger partial charge < -0.3 is 14.8 Å². The summed E-state index contributed by atoms with van der Waals surface area (Å²) in [6, 6.07) is 7.69. The first-order valence-electron chi connectivity index (χ1n) is 9.90. The molecule has 0 fully saturated rings. The van der Waals surface area contributed by atoms with E-state index >= 15 is 0 Å². The van der Waals surface area contributed by atoms with Crippen LogP contribution in [-0.2, 0) is 0 Å². The maximum Gasteiger partial charge on any atom is 0.356 e. The van der Waals surface area contributed by atoms with Crippen LogP contribution in [0.4, 0.5) is 10.1 Å². The van der Waals surface area contributed by atoms with Crippen LogP contribution in [0.1, 0.15) is 40.1 Å². The highest BCUT2D eigenvalue weighted by Crippen LogP contribution is 2.32. The molecule has 0 radical (unpaired) electrons. The molecule has 0 amide bonds.